The van der Waals surface area contributed by atoms with Gasteiger partial charge in [-0.3, -0.25) is 38.4 Å². The first-order chi connectivity index (χ1) is 37.8. The lowest BCUT2D eigenvalue weighted by Crippen LogP contribution is -2.59. The summed E-state index contributed by atoms with van der Waals surface area (Å²) in [5, 5.41) is 21.8. The van der Waals surface area contributed by atoms with Crippen LogP contribution in [0.2, 0.25) is 0 Å². The monoisotopic (exact) mass is 1140 g/mol. The van der Waals surface area contributed by atoms with Crippen molar-refractivity contribution >= 4 is 69.7 Å². The number of ketones is 2. The third-order valence-electron chi connectivity index (χ3n) is 16.8. The topological polar surface area (TPSA) is 241 Å². The highest BCUT2D eigenvalue weighted by Crippen LogP contribution is 2.58. The number of carbonyl (C=O) groups is 8. The predicted molar refractivity (Wildman–Crippen MR) is 300 cm³/mol. The van der Waals surface area contributed by atoms with Gasteiger partial charge in [0.15, 0.2) is 11.6 Å². The van der Waals surface area contributed by atoms with Crippen molar-refractivity contribution in [2.24, 2.45) is 34.5 Å². The zero-order valence-corrected chi connectivity index (χ0v) is 48.6. The molecule has 80 heavy (non-hydrogen) atoms. The van der Waals surface area contributed by atoms with Gasteiger partial charge in [0.2, 0.25) is 23.6 Å². The molecule has 2 aromatic heterocycles. The van der Waals surface area contributed by atoms with Gasteiger partial charge in [0.1, 0.15) is 27.7 Å². The molecule has 4 aromatic rings. The molecule has 2 unspecified atom stereocenters. The Morgan fingerprint density at radius 1 is 0.650 bits per heavy atom. The lowest BCUT2D eigenvalue weighted by Gasteiger charge is -2.37. The summed E-state index contributed by atoms with van der Waals surface area (Å²) in [5.41, 5.74) is 1.38. The molecule has 2 saturated carbocycles. The number of fused-ring (bicyclic) bond motifs is 2. The second-order valence-electron chi connectivity index (χ2n) is 23.9. The Kier molecular flexibility index (Phi) is 18.2. The molecular formula is C58H74F2N10O8S2. The molecule has 430 valence electrons. The van der Waals surface area contributed by atoms with E-state index < -0.39 is 101 Å². The van der Waals surface area contributed by atoms with Crippen LogP contribution in [0, 0.1) is 46.1 Å². The minimum atomic E-state index is -1.13. The number of rotatable bonds is 18. The van der Waals surface area contributed by atoms with Gasteiger partial charge < -0.3 is 41.7 Å². The number of nitrogens with zero attached hydrogens (tertiary/aromatic N) is 4. The van der Waals surface area contributed by atoms with Crippen molar-refractivity contribution in [2.75, 3.05) is 40.3 Å². The standard InChI is InChI=1S/C58H74F2N10O8S2/c1-29(61-9)50(74)67-48(57(3,4)5)47(73)36-20-19-35-37(23-38(45(35)36)40-27-79-54(65-40)31-11-15-33(59)16-12-31)43(71)24-63-52(76)53(77)64-25-44(72)70-26-39(41-28-80-55(66-41)32-13-17-34(60)18-14-32)46-42(70)21-22-69(46)56(78)49(58(6,7)8)68-51(75)30(2)62-10/h11-18,27-30,35-39,42,45-46,48-49,61-62H,19-26H2,1-10H3,(H,63,76)(H,64,77)(H,67,74)(H,68,75)/t29-,30-,35-,36?,37?,38+,39+,42+,45+,46+,48+,49+/m0/s1. The second-order valence-corrected chi connectivity index (χ2v) is 25.7. The van der Waals surface area contributed by atoms with E-state index in [4.69, 9.17) is 9.97 Å². The van der Waals surface area contributed by atoms with Gasteiger partial charge in [-0.25, -0.2) is 18.7 Å². The van der Waals surface area contributed by atoms with Gasteiger partial charge in [-0.05, 0) is 125 Å². The zero-order chi connectivity index (χ0) is 58.1. The summed E-state index contributed by atoms with van der Waals surface area (Å²) in [6, 6.07) is 8.00. The van der Waals surface area contributed by atoms with Crippen LogP contribution in [0.1, 0.15) is 104 Å². The number of hydrogen-bond donors (Lipinski definition) is 6. The van der Waals surface area contributed by atoms with E-state index in [0.29, 0.717) is 58.2 Å². The summed E-state index contributed by atoms with van der Waals surface area (Å²) in [7, 11) is 3.32. The molecule has 6 amide bonds. The number of aromatic nitrogens is 2. The molecule has 2 saturated heterocycles. The van der Waals surface area contributed by atoms with Gasteiger partial charge >= 0.3 is 11.8 Å². The van der Waals surface area contributed by atoms with Crippen LogP contribution >= 0.6 is 22.7 Å². The molecule has 6 N–H and O–H groups in total. The molecule has 2 aliphatic heterocycles. The first kappa shape index (κ1) is 59.8. The average molecular weight is 1140 g/mol. The van der Waals surface area contributed by atoms with Crippen LogP contribution in [-0.4, -0.2) is 143 Å². The van der Waals surface area contributed by atoms with E-state index in [1.165, 1.54) is 46.9 Å². The number of nitrogens with one attached hydrogen (secondary N) is 6. The second kappa shape index (κ2) is 24.4. The first-order valence-electron chi connectivity index (χ1n) is 27.4. The lowest BCUT2D eigenvalue weighted by atomic mass is 9.74. The number of carbonyl (C=O) groups excluding carboxylic acids is 8. The third-order valence-corrected chi connectivity index (χ3v) is 18.6. The van der Waals surface area contributed by atoms with E-state index in [9.17, 15) is 47.1 Å². The largest absolute Gasteiger partial charge is 0.344 e. The van der Waals surface area contributed by atoms with Crippen molar-refractivity contribution < 1.29 is 47.1 Å². The number of thiazole rings is 2. The number of amides is 6. The molecule has 0 bridgehead atoms. The van der Waals surface area contributed by atoms with Gasteiger partial charge in [-0.1, -0.05) is 41.5 Å². The molecule has 2 aliphatic carbocycles. The van der Waals surface area contributed by atoms with Gasteiger partial charge in [0.25, 0.3) is 0 Å². The summed E-state index contributed by atoms with van der Waals surface area (Å²) < 4.78 is 27.8. The Labute approximate surface area is 473 Å². The maximum Gasteiger partial charge on any atom is 0.309 e. The SMILES string of the molecule is CN[C@@H](C)C(=O)N[C@H](C(=O)C1CC[C@H]2C(C(=O)CNC(=O)C(=O)NCC(=O)N3C[C@H](c4csc(-c5ccc(F)cc5)n4)[C@@H]4[C@H]3CCN4C(=O)[C@@H](NC(=O)[C@H](C)NC)C(C)(C)C)C[C@H](c3csc(-c4ccc(F)cc4)n3)[C@@H]12)C(C)(C)C. The van der Waals surface area contributed by atoms with Crippen LogP contribution in [0.25, 0.3) is 21.1 Å². The van der Waals surface area contributed by atoms with Crippen molar-refractivity contribution in [2.45, 2.75) is 129 Å². The van der Waals surface area contributed by atoms with Crippen LogP contribution in [-0.2, 0) is 38.4 Å². The Balaban J connectivity index is 0.956. The van der Waals surface area contributed by atoms with Crippen LogP contribution in [0.3, 0.4) is 0 Å². The molecule has 18 nitrogen and oxygen atoms in total. The summed E-state index contributed by atoms with van der Waals surface area (Å²) in [5.74, 6) is -7.53. The molecule has 0 spiro atoms. The van der Waals surface area contributed by atoms with Gasteiger partial charge in [-0.15, -0.1) is 22.7 Å². The molecule has 4 fully saturated rings. The van der Waals surface area contributed by atoms with E-state index >= 15 is 0 Å². The van der Waals surface area contributed by atoms with Gasteiger partial charge in [-0.2, -0.15) is 0 Å². The van der Waals surface area contributed by atoms with Crippen molar-refractivity contribution in [1.82, 2.24) is 51.7 Å². The Hall–Kier alpha value is -6.36. The van der Waals surface area contributed by atoms with Crippen molar-refractivity contribution in [3.8, 4) is 21.1 Å². The highest BCUT2D eigenvalue weighted by atomic mass is 32.1. The average Bonchev–Trinajstić information content (AvgIpc) is 4.30. The normalized spacial score (nSPS) is 24.1. The first-order valence-corrected chi connectivity index (χ1v) is 29.2. The Morgan fingerprint density at radius 2 is 1.15 bits per heavy atom. The highest BCUT2D eigenvalue weighted by Gasteiger charge is 2.57. The lowest BCUT2D eigenvalue weighted by molar-refractivity contribution is -0.141. The fourth-order valence-corrected chi connectivity index (χ4v) is 14.0. The maximum absolute atomic E-state index is 14.8. The van der Waals surface area contributed by atoms with E-state index in [0.717, 1.165) is 0 Å². The number of Topliss-reactive ketones (excluding diaryl/α,β-unsaturated/α-hetero) is 2. The number of likely N-dealkylation sites (tertiary alicyclic amines) is 2. The molecule has 22 heteroatoms. The summed E-state index contributed by atoms with van der Waals surface area (Å²) in [6.07, 6.45) is 1.71. The zero-order valence-electron chi connectivity index (χ0n) is 47.0. The van der Waals surface area contributed by atoms with Crippen LogP contribution in [0.4, 0.5) is 8.78 Å². The smallest absolute Gasteiger partial charge is 0.309 e. The van der Waals surface area contributed by atoms with Crippen molar-refractivity contribution in [1.29, 1.82) is 0 Å². The van der Waals surface area contributed by atoms with Crippen LogP contribution in [0.5, 0.6) is 0 Å². The number of halogens is 2. The quantitative estimate of drug-likeness (QED) is 0.0705. The van der Waals surface area contributed by atoms with Crippen LogP contribution < -0.4 is 31.9 Å². The molecule has 2 aromatic carbocycles. The van der Waals surface area contributed by atoms with Crippen molar-refractivity contribution in [3.63, 3.8) is 0 Å². The van der Waals surface area contributed by atoms with E-state index in [1.807, 2.05) is 52.3 Å². The third kappa shape index (κ3) is 12.7. The molecule has 8 rings (SSSR count). The minimum Gasteiger partial charge on any atom is -0.344 e. The fraction of sp³-hybridized carbons (Fsp3) is 0.552. The molecule has 0 radical (unpaired) electrons. The fourth-order valence-electron chi connectivity index (χ4n) is 12.2. The maximum atomic E-state index is 14.8. The summed E-state index contributed by atoms with van der Waals surface area (Å²) >= 11 is 2.72. The van der Waals surface area contributed by atoms with E-state index in [-0.39, 0.29) is 65.9 Å². The van der Waals surface area contributed by atoms with E-state index in [1.54, 1.807) is 62.0 Å². The predicted octanol–water partition coefficient (Wildman–Crippen LogP) is 5.20. The molecular weight excluding hydrogens is 1070 g/mol. The molecule has 4 heterocycles. The van der Waals surface area contributed by atoms with Crippen LogP contribution in [0.15, 0.2) is 59.3 Å². The summed E-state index contributed by atoms with van der Waals surface area (Å²) in [6.45, 7) is 14.0. The van der Waals surface area contributed by atoms with E-state index in [2.05, 4.69) is 31.9 Å². The number of likely N-dealkylation sites (N-methyl/N-ethyl adjacent to an activating group) is 2. The minimum absolute atomic E-state index is 0.122. The van der Waals surface area contributed by atoms with Gasteiger partial charge in [0.05, 0.1) is 54.7 Å². The highest BCUT2D eigenvalue weighted by molar-refractivity contribution is 7.13. The number of benzene rings is 2. The van der Waals surface area contributed by atoms with Gasteiger partial charge in [0, 0.05) is 58.6 Å². The molecule has 4 aliphatic rings. The molecule has 12 atom stereocenters. The summed E-state index contributed by atoms with van der Waals surface area (Å²) in [4.78, 5) is 125. The van der Waals surface area contributed by atoms with Crippen molar-refractivity contribution in [3.05, 3.63) is 82.3 Å². The Morgan fingerprint density at radius 3 is 1.66 bits per heavy atom. The Bertz CT molecular complexity index is 2780. The number of hydrogen-bond acceptors (Lipinski definition) is 14.